The average Bonchev–Trinajstić information content (AvgIpc) is 3.36. The zero-order chi connectivity index (χ0) is 23.1. The Morgan fingerprint density at radius 2 is 1.91 bits per heavy atom. The quantitative estimate of drug-likeness (QED) is 0.415. The van der Waals surface area contributed by atoms with Gasteiger partial charge in [0.05, 0.1) is 18.8 Å². The molecule has 0 amide bonds. The molecule has 3 aromatic heterocycles. The van der Waals surface area contributed by atoms with Crippen molar-refractivity contribution in [1.29, 1.82) is 0 Å². The van der Waals surface area contributed by atoms with E-state index in [9.17, 15) is 14.3 Å². The van der Waals surface area contributed by atoms with Crippen LogP contribution in [0, 0.1) is 12.7 Å². The van der Waals surface area contributed by atoms with Gasteiger partial charge in [-0.25, -0.2) is 13.9 Å². The van der Waals surface area contributed by atoms with Crippen LogP contribution in [-0.4, -0.2) is 24.3 Å². The number of oxazole rings is 1. The van der Waals surface area contributed by atoms with E-state index < -0.39 is 12.4 Å². The summed E-state index contributed by atoms with van der Waals surface area (Å²) in [7, 11) is 0. The van der Waals surface area contributed by atoms with E-state index in [4.69, 9.17) is 16.0 Å². The van der Waals surface area contributed by atoms with Crippen LogP contribution in [0.1, 0.15) is 17.0 Å². The molecule has 9 heteroatoms. The van der Waals surface area contributed by atoms with E-state index in [1.165, 1.54) is 21.2 Å². The van der Waals surface area contributed by atoms with E-state index >= 15 is 0 Å². The number of hydrogen-bond donors (Lipinski definition) is 1. The van der Waals surface area contributed by atoms with Crippen LogP contribution in [0.25, 0.3) is 28.2 Å². The summed E-state index contributed by atoms with van der Waals surface area (Å²) < 4.78 is 22.4. The number of benzene rings is 2. The topological polar surface area (TPSA) is 85.6 Å². The van der Waals surface area contributed by atoms with Gasteiger partial charge in [-0.2, -0.15) is 5.10 Å². The molecule has 0 spiro atoms. The van der Waals surface area contributed by atoms with E-state index in [0.29, 0.717) is 39.2 Å². The summed E-state index contributed by atoms with van der Waals surface area (Å²) in [6.07, 6.45) is 3.21. The number of aromatic nitrogens is 4. The van der Waals surface area contributed by atoms with E-state index in [1.54, 1.807) is 43.6 Å². The van der Waals surface area contributed by atoms with Crippen LogP contribution in [-0.2, 0) is 13.2 Å². The Morgan fingerprint density at radius 3 is 2.67 bits per heavy atom. The Hall–Kier alpha value is -3.75. The second-order valence-electron chi connectivity index (χ2n) is 7.55. The van der Waals surface area contributed by atoms with Crippen molar-refractivity contribution in [3.05, 3.63) is 99.1 Å². The fraction of sp³-hybridized carbons (Fsp3) is 0.125. The summed E-state index contributed by atoms with van der Waals surface area (Å²) in [6, 6.07) is 13.0. The van der Waals surface area contributed by atoms with Gasteiger partial charge >= 0.3 is 0 Å². The normalized spacial score (nSPS) is 11.4. The first-order valence-electron chi connectivity index (χ1n) is 10.1. The molecule has 1 N–H and O–H groups in total. The Kier molecular flexibility index (Phi) is 5.32. The molecule has 0 saturated heterocycles. The van der Waals surface area contributed by atoms with E-state index in [-0.39, 0.29) is 17.6 Å². The van der Waals surface area contributed by atoms with Crippen LogP contribution in [0.2, 0.25) is 5.02 Å². The molecule has 0 aliphatic heterocycles. The highest BCUT2D eigenvalue weighted by Crippen LogP contribution is 2.26. The minimum atomic E-state index is -0.428. The lowest BCUT2D eigenvalue weighted by Gasteiger charge is -2.05. The second kappa shape index (κ2) is 8.31. The molecule has 0 fully saturated rings. The standard InChI is InChI=1S/C24H18ClFN4O3/c1-14-20(27-23(33-14)16-5-2-6-17(25)10-16)12-29-8-9-30-22(24(29)32)19(13-31)21(28-30)15-4-3-7-18(26)11-15/h2-11,31H,12-13H2,1H3. The zero-order valence-electron chi connectivity index (χ0n) is 17.5. The van der Waals surface area contributed by atoms with Crippen molar-refractivity contribution in [2.24, 2.45) is 0 Å². The van der Waals surface area contributed by atoms with Crippen LogP contribution in [0.3, 0.4) is 0 Å². The van der Waals surface area contributed by atoms with Gasteiger partial charge in [-0.3, -0.25) is 4.79 Å². The Bertz CT molecular complexity index is 1550. The number of aliphatic hydroxyl groups is 1. The molecule has 166 valence electrons. The van der Waals surface area contributed by atoms with E-state index in [2.05, 4.69) is 10.1 Å². The van der Waals surface area contributed by atoms with Gasteiger partial charge in [0.2, 0.25) is 5.89 Å². The number of nitrogens with zero attached hydrogens (tertiary/aromatic N) is 4. The number of halogens is 2. The molecule has 0 radical (unpaired) electrons. The molecule has 5 aromatic rings. The van der Waals surface area contributed by atoms with Crippen molar-refractivity contribution in [3.8, 4) is 22.7 Å². The van der Waals surface area contributed by atoms with E-state index in [1.807, 2.05) is 12.1 Å². The van der Waals surface area contributed by atoms with Crippen molar-refractivity contribution >= 4 is 17.1 Å². The van der Waals surface area contributed by atoms with Gasteiger partial charge in [0.1, 0.15) is 22.8 Å². The minimum Gasteiger partial charge on any atom is -0.441 e. The Morgan fingerprint density at radius 1 is 1.12 bits per heavy atom. The molecular formula is C24H18ClFN4O3. The van der Waals surface area contributed by atoms with Gasteiger partial charge < -0.3 is 14.1 Å². The summed E-state index contributed by atoms with van der Waals surface area (Å²) in [5.74, 6) is 0.559. The van der Waals surface area contributed by atoms with Crippen LogP contribution >= 0.6 is 11.6 Å². The summed E-state index contributed by atoms with van der Waals surface area (Å²) in [6.45, 7) is 1.52. The average molecular weight is 465 g/mol. The fourth-order valence-electron chi connectivity index (χ4n) is 3.77. The predicted octanol–water partition coefficient (Wildman–Crippen LogP) is 4.46. The van der Waals surface area contributed by atoms with Crippen molar-refractivity contribution < 1.29 is 13.9 Å². The van der Waals surface area contributed by atoms with Gasteiger partial charge in [-0.1, -0.05) is 29.8 Å². The molecule has 0 aliphatic rings. The van der Waals surface area contributed by atoms with Crippen molar-refractivity contribution in [1.82, 2.24) is 19.2 Å². The van der Waals surface area contributed by atoms with Gasteiger partial charge in [0.15, 0.2) is 0 Å². The lowest BCUT2D eigenvalue weighted by molar-refractivity contribution is 0.283. The largest absolute Gasteiger partial charge is 0.441 e. The molecular weight excluding hydrogens is 447 g/mol. The monoisotopic (exact) mass is 464 g/mol. The molecule has 3 heterocycles. The lowest BCUT2D eigenvalue weighted by atomic mass is 10.1. The van der Waals surface area contributed by atoms with Gasteiger partial charge in [-0.15, -0.1) is 0 Å². The maximum atomic E-state index is 13.7. The number of hydrogen-bond acceptors (Lipinski definition) is 5. The molecule has 0 saturated carbocycles. The van der Waals surface area contributed by atoms with Crippen LogP contribution in [0.4, 0.5) is 4.39 Å². The summed E-state index contributed by atoms with van der Waals surface area (Å²) in [5.41, 5.74) is 2.35. The molecule has 0 aliphatic carbocycles. The van der Waals surface area contributed by atoms with Crippen molar-refractivity contribution in [2.75, 3.05) is 0 Å². The number of fused-ring (bicyclic) bond motifs is 1. The fourth-order valence-corrected chi connectivity index (χ4v) is 3.96. The predicted molar refractivity (Wildman–Crippen MR) is 122 cm³/mol. The third kappa shape index (κ3) is 3.83. The van der Waals surface area contributed by atoms with Gasteiger partial charge in [0.25, 0.3) is 5.56 Å². The summed E-state index contributed by atoms with van der Waals surface area (Å²) >= 11 is 6.07. The highest BCUT2D eigenvalue weighted by atomic mass is 35.5. The number of rotatable bonds is 5. The smallest absolute Gasteiger partial charge is 0.277 e. The molecule has 5 rings (SSSR count). The third-order valence-corrected chi connectivity index (χ3v) is 5.64. The Balaban J connectivity index is 1.56. The van der Waals surface area contributed by atoms with Crippen LogP contribution < -0.4 is 5.56 Å². The SMILES string of the molecule is Cc1oc(-c2cccc(Cl)c2)nc1Cn1ccn2nc(-c3cccc(F)c3)c(CO)c2c1=O. The summed E-state index contributed by atoms with van der Waals surface area (Å²) in [5, 5.41) is 15.0. The second-order valence-corrected chi connectivity index (χ2v) is 7.99. The maximum absolute atomic E-state index is 13.7. The van der Waals surface area contributed by atoms with Crippen molar-refractivity contribution in [3.63, 3.8) is 0 Å². The van der Waals surface area contributed by atoms with Crippen LogP contribution in [0.15, 0.2) is 70.1 Å². The molecule has 2 aromatic carbocycles. The zero-order valence-corrected chi connectivity index (χ0v) is 18.3. The first kappa shape index (κ1) is 21.1. The first-order valence-corrected chi connectivity index (χ1v) is 10.5. The number of aliphatic hydroxyl groups excluding tert-OH is 1. The van der Waals surface area contributed by atoms with Gasteiger partial charge in [-0.05, 0) is 37.3 Å². The molecule has 0 unspecified atom stereocenters. The third-order valence-electron chi connectivity index (χ3n) is 5.40. The van der Waals surface area contributed by atoms with Crippen molar-refractivity contribution in [2.45, 2.75) is 20.1 Å². The van der Waals surface area contributed by atoms with E-state index in [0.717, 1.165) is 5.56 Å². The van der Waals surface area contributed by atoms with Crippen LogP contribution in [0.5, 0.6) is 0 Å². The first-order chi connectivity index (χ1) is 15.9. The number of aryl methyl sites for hydroxylation is 1. The minimum absolute atomic E-state index is 0.163. The molecule has 0 atom stereocenters. The molecule has 33 heavy (non-hydrogen) atoms. The maximum Gasteiger partial charge on any atom is 0.277 e. The summed E-state index contributed by atoms with van der Waals surface area (Å²) in [4.78, 5) is 17.8. The lowest BCUT2D eigenvalue weighted by Crippen LogP contribution is -2.23. The van der Waals surface area contributed by atoms with Gasteiger partial charge in [0, 0.05) is 34.1 Å². The molecule has 7 nitrogen and oxygen atoms in total. The molecule has 0 bridgehead atoms. The highest BCUT2D eigenvalue weighted by molar-refractivity contribution is 6.30. The highest BCUT2D eigenvalue weighted by Gasteiger charge is 2.19. The Labute approximate surface area is 192 Å².